The van der Waals surface area contributed by atoms with E-state index in [9.17, 15) is 13.2 Å². The Morgan fingerprint density at radius 1 is 1.33 bits per heavy atom. The lowest BCUT2D eigenvalue weighted by Gasteiger charge is -2.21. The number of carbonyl (C=O) groups excluding carboxylic acids is 1. The Kier molecular flexibility index (Phi) is 4.86. The molecular formula is C12H18N2O3S. The van der Waals surface area contributed by atoms with Crippen LogP contribution in [-0.2, 0) is 14.6 Å². The Morgan fingerprint density at radius 3 is 2.39 bits per heavy atom. The van der Waals surface area contributed by atoms with Gasteiger partial charge in [-0.15, -0.1) is 0 Å². The molecule has 0 unspecified atom stereocenters. The van der Waals surface area contributed by atoms with Crippen molar-refractivity contribution in [2.45, 2.75) is 6.04 Å². The summed E-state index contributed by atoms with van der Waals surface area (Å²) in [6.45, 7) is 0.151. The van der Waals surface area contributed by atoms with Crippen LogP contribution in [0.1, 0.15) is 11.6 Å². The lowest BCUT2D eigenvalue weighted by molar-refractivity contribution is -0.131. The molecule has 0 aliphatic rings. The van der Waals surface area contributed by atoms with Gasteiger partial charge in [-0.1, -0.05) is 30.3 Å². The Balaban J connectivity index is 2.64. The largest absolute Gasteiger partial charge is 0.343 e. The summed E-state index contributed by atoms with van der Waals surface area (Å²) in [4.78, 5) is 13.3. The van der Waals surface area contributed by atoms with E-state index in [4.69, 9.17) is 5.73 Å². The molecule has 0 aromatic heterocycles. The monoisotopic (exact) mass is 270 g/mol. The van der Waals surface area contributed by atoms with E-state index in [0.29, 0.717) is 5.56 Å². The van der Waals surface area contributed by atoms with Gasteiger partial charge in [0.1, 0.15) is 15.9 Å². The molecule has 1 atom stereocenters. The van der Waals surface area contributed by atoms with E-state index < -0.39 is 15.9 Å². The van der Waals surface area contributed by atoms with Crippen LogP contribution in [0.25, 0.3) is 0 Å². The zero-order valence-electron chi connectivity index (χ0n) is 10.5. The number of hydrogen-bond donors (Lipinski definition) is 1. The average molecular weight is 270 g/mol. The molecule has 0 saturated heterocycles. The number of benzene rings is 1. The first-order valence-electron chi connectivity index (χ1n) is 5.54. The molecule has 18 heavy (non-hydrogen) atoms. The van der Waals surface area contributed by atoms with Gasteiger partial charge in [-0.2, -0.15) is 0 Å². The number of nitrogens with two attached hydrogens (primary N) is 1. The maximum Gasteiger partial charge on any atom is 0.243 e. The molecule has 2 N–H and O–H groups in total. The standard InChI is InChI=1S/C12H18N2O3S/c1-14(8-9-18(2,16)17)12(15)11(13)10-6-4-3-5-7-10/h3-7,11H,8-9,13H2,1-2H3/t11-/m1/s1. The van der Waals surface area contributed by atoms with Crippen molar-refractivity contribution in [1.82, 2.24) is 4.90 Å². The number of hydrogen-bond acceptors (Lipinski definition) is 4. The second kappa shape index (κ2) is 5.97. The third-order valence-corrected chi connectivity index (χ3v) is 3.52. The highest BCUT2D eigenvalue weighted by Crippen LogP contribution is 2.11. The van der Waals surface area contributed by atoms with Crippen molar-refractivity contribution in [2.24, 2.45) is 5.73 Å². The van der Waals surface area contributed by atoms with Gasteiger partial charge in [-0.3, -0.25) is 4.79 Å². The first kappa shape index (κ1) is 14.7. The van der Waals surface area contributed by atoms with E-state index in [-0.39, 0.29) is 18.2 Å². The van der Waals surface area contributed by atoms with Gasteiger partial charge < -0.3 is 10.6 Å². The van der Waals surface area contributed by atoms with Crippen molar-refractivity contribution in [1.29, 1.82) is 0 Å². The van der Waals surface area contributed by atoms with Crippen LogP contribution >= 0.6 is 0 Å². The van der Waals surface area contributed by atoms with Gasteiger partial charge in [0.15, 0.2) is 0 Å². The minimum Gasteiger partial charge on any atom is -0.343 e. The van der Waals surface area contributed by atoms with Crippen LogP contribution < -0.4 is 5.73 Å². The van der Waals surface area contributed by atoms with Crippen molar-refractivity contribution in [3.63, 3.8) is 0 Å². The van der Waals surface area contributed by atoms with Crippen LogP contribution in [0, 0.1) is 0 Å². The normalized spacial score (nSPS) is 13.1. The van der Waals surface area contributed by atoms with Crippen molar-refractivity contribution in [2.75, 3.05) is 25.6 Å². The summed E-state index contributed by atoms with van der Waals surface area (Å²) in [5.41, 5.74) is 6.55. The number of sulfone groups is 1. The molecule has 0 aliphatic heterocycles. The predicted octanol–water partition coefficient (Wildman–Crippen LogP) is 0.189. The number of nitrogens with zero attached hydrogens (tertiary/aromatic N) is 1. The average Bonchev–Trinajstić information content (AvgIpc) is 2.34. The quantitative estimate of drug-likeness (QED) is 0.828. The molecule has 1 amide bonds. The summed E-state index contributed by atoms with van der Waals surface area (Å²) in [5, 5.41) is 0. The molecule has 100 valence electrons. The van der Waals surface area contributed by atoms with Gasteiger partial charge in [0.2, 0.25) is 5.91 Å². The first-order valence-corrected chi connectivity index (χ1v) is 7.60. The SMILES string of the molecule is CN(CCS(C)(=O)=O)C(=O)[C@H](N)c1ccccc1. The summed E-state index contributed by atoms with van der Waals surface area (Å²) in [7, 11) is -1.53. The minimum atomic E-state index is -3.08. The van der Waals surface area contributed by atoms with Crippen LogP contribution in [-0.4, -0.2) is 44.8 Å². The summed E-state index contributed by atoms with van der Waals surface area (Å²) >= 11 is 0. The Morgan fingerprint density at radius 2 is 1.89 bits per heavy atom. The maximum absolute atomic E-state index is 12.0. The predicted molar refractivity (Wildman–Crippen MR) is 70.7 cm³/mol. The minimum absolute atomic E-state index is 0.0588. The summed E-state index contributed by atoms with van der Waals surface area (Å²) in [5.74, 6) is -0.346. The molecule has 0 radical (unpaired) electrons. The number of amides is 1. The maximum atomic E-state index is 12.0. The molecule has 1 aromatic carbocycles. The zero-order valence-corrected chi connectivity index (χ0v) is 11.4. The number of rotatable bonds is 5. The second-order valence-electron chi connectivity index (χ2n) is 4.28. The molecule has 0 bridgehead atoms. The third-order valence-electron chi connectivity index (χ3n) is 2.60. The van der Waals surface area contributed by atoms with Crippen LogP contribution in [0.5, 0.6) is 0 Å². The van der Waals surface area contributed by atoms with Crippen molar-refractivity contribution < 1.29 is 13.2 Å². The Hall–Kier alpha value is -1.40. The smallest absolute Gasteiger partial charge is 0.243 e. The first-order chi connectivity index (χ1) is 8.31. The summed E-state index contributed by atoms with van der Waals surface area (Å²) in [6.07, 6.45) is 1.14. The third kappa shape index (κ3) is 4.46. The zero-order chi connectivity index (χ0) is 13.8. The summed E-state index contributed by atoms with van der Waals surface area (Å²) < 4.78 is 22.1. The Labute approximate surface area is 108 Å². The van der Waals surface area contributed by atoms with E-state index in [2.05, 4.69) is 0 Å². The molecule has 0 heterocycles. The van der Waals surface area contributed by atoms with Crippen LogP contribution in [0.2, 0.25) is 0 Å². The van der Waals surface area contributed by atoms with E-state index in [1.54, 1.807) is 31.3 Å². The molecule has 1 rings (SSSR count). The van der Waals surface area contributed by atoms with Gasteiger partial charge >= 0.3 is 0 Å². The lowest BCUT2D eigenvalue weighted by atomic mass is 10.1. The molecular weight excluding hydrogens is 252 g/mol. The molecule has 0 aliphatic carbocycles. The highest BCUT2D eigenvalue weighted by molar-refractivity contribution is 7.90. The fraction of sp³-hybridized carbons (Fsp3) is 0.417. The lowest BCUT2D eigenvalue weighted by Crippen LogP contribution is -2.38. The molecule has 1 aromatic rings. The fourth-order valence-electron chi connectivity index (χ4n) is 1.45. The molecule has 0 fully saturated rings. The molecule has 6 heteroatoms. The van der Waals surface area contributed by atoms with Gasteiger partial charge in [-0.05, 0) is 5.56 Å². The highest BCUT2D eigenvalue weighted by Gasteiger charge is 2.20. The van der Waals surface area contributed by atoms with Crippen LogP contribution in [0.4, 0.5) is 0 Å². The van der Waals surface area contributed by atoms with E-state index in [0.717, 1.165) is 6.26 Å². The van der Waals surface area contributed by atoms with Crippen molar-refractivity contribution >= 4 is 15.7 Å². The fourth-order valence-corrected chi connectivity index (χ4v) is 2.06. The highest BCUT2D eigenvalue weighted by atomic mass is 32.2. The molecule has 0 saturated carbocycles. The van der Waals surface area contributed by atoms with Gasteiger partial charge in [0, 0.05) is 19.8 Å². The van der Waals surface area contributed by atoms with Gasteiger partial charge in [0.05, 0.1) is 5.75 Å². The Bertz CT molecular complexity index is 499. The second-order valence-corrected chi connectivity index (χ2v) is 6.54. The van der Waals surface area contributed by atoms with Crippen molar-refractivity contribution in [3.8, 4) is 0 Å². The number of likely N-dealkylation sites (N-methyl/N-ethyl adjacent to an activating group) is 1. The number of carbonyl (C=O) groups is 1. The van der Waals surface area contributed by atoms with E-state index >= 15 is 0 Å². The van der Waals surface area contributed by atoms with Crippen LogP contribution in [0.3, 0.4) is 0 Å². The van der Waals surface area contributed by atoms with E-state index in [1.807, 2.05) is 6.07 Å². The molecule has 0 spiro atoms. The topological polar surface area (TPSA) is 80.5 Å². The molecule has 5 nitrogen and oxygen atoms in total. The van der Waals surface area contributed by atoms with Crippen molar-refractivity contribution in [3.05, 3.63) is 35.9 Å². The summed E-state index contributed by atoms with van der Waals surface area (Å²) in [6, 6.07) is 8.24. The van der Waals surface area contributed by atoms with Crippen LogP contribution in [0.15, 0.2) is 30.3 Å². The van der Waals surface area contributed by atoms with E-state index in [1.165, 1.54) is 4.90 Å². The van der Waals surface area contributed by atoms with Gasteiger partial charge in [0.25, 0.3) is 0 Å². The van der Waals surface area contributed by atoms with Gasteiger partial charge in [-0.25, -0.2) is 8.42 Å².